The average Bonchev–Trinajstić information content (AvgIpc) is 2.46. The Hall–Kier alpha value is -0.800. The summed E-state index contributed by atoms with van der Waals surface area (Å²) < 4.78 is 52.3. The quantitative estimate of drug-likeness (QED) is 0.722. The number of hydrogen-bond donors (Lipinski definition) is 0. The molecule has 0 aromatic carbocycles. The maximum Gasteiger partial charge on any atom is 0.473 e. The fraction of sp³-hybridized carbons (Fsp3) is 0.750. The third-order valence-electron chi connectivity index (χ3n) is 3.65. The molecule has 3 aliphatic heterocycles. The summed E-state index contributed by atoms with van der Waals surface area (Å²) in [6.45, 7) is 3.44. The van der Waals surface area contributed by atoms with Gasteiger partial charge >= 0.3 is 5.51 Å². The van der Waals surface area contributed by atoms with Crippen molar-refractivity contribution in [1.29, 1.82) is 0 Å². The fourth-order valence-electron chi connectivity index (χ4n) is 2.46. The first-order valence-corrected chi connectivity index (χ1v) is 8.00. The molecule has 0 saturated carbocycles. The van der Waals surface area contributed by atoms with E-state index in [1.807, 2.05) is 11.9 Å². The van der Waals surface area contributed by atoms with Gasteiger partial charge in [0, 0.05) is 26.2 Å². The third kappa shape index (κ3) is 3.57. The monoisotopic (exact) mass is 358 g/mol. The second kappa shape index (κ2) is 6.76. The van der Waals surface area contributed by atoms with Crippen LogP contribution in [-0.2, 0) is 15.6 Å². The molecule has 0 amide bonds. The molecule has 0 aliphatic carbocycles. The van der Waals surface area contributed by atoms with Crippen molar-refractivity contribution in [1.82, 2.24) is 9.80 Å². The minimum Gasteiger partial charge on any atom is -0.488 e. The molecule has 126 valence electrons. The van der Waals surface area contributed by atoms with Crippen molar-refractivity contribution >= 4 is 29.0 Å². The van der Waals surface area contributed by atoms with Crippen molar-refractivity contribution in [3.05, 3.63) is 11.6 Å². The lowest BCUT2D eigenvalue weighted by molar-refractivity contribution is -0.0358. The summed E-state index contributed by atoms with van der Waals surface area (Å²) in [5.74, 6) is 0.798. The maximum atomic E-state index is 13.0. The summed E-state index contributed by atoms with van der Waals surface area (Å²) in [6.07, 6.45) is 1.23. The molecule has 0 aromatic rings. The Labute approximate surface area is 135 Å². The van der Waals surface area contributed by atoms with Gasteiger partial charge in [-0.25, -0.2) is 0 Å². The number of halogens is 4. The van der Waals surface area contributed by atoms with Crippen molar-refractivity contribution < 1.29 is 17.9 Å². The van der Waals surface area contributed by atoms with E-state index in [4.69, 9.17) is 4.74 Å². The molecular weight excluding hydrogens is 341 g/mol. The van der Waals surface area contributed by atoms with Gasteiger partial charge in [-0.15, -0.1) is 12.4 Å². The first-order valence-electron chi connectivity index (χ1n) is 6.87. The number of rotatable bonds is 1. The molecule has 3 rings (SSSR count). The van der Waals surface area contributed by atoms with E-state index >= 15 is 0 Å². The Kier molecular flexibility index (Phi) is 5.39. The third-order valence-corrected chi connectivity index (χ3v) is 4.80. The van der Waals surface area contributed by atoms with Gasteiger partial charge in [0.05, 0.1) is 12.3 Å². The maximum absolute atomic E-state index is 13.0. The minimum absolute atomic E-state index is 0. The zero-order valence-electron chi connectivity index (χ0n) is 12.1. The van der Waals surface area contributed by atoms with E-state index in [9.17, 15) is 13.2 Å². The molecule has 2 saturated heterocycles. The topological polar surface area (TPSA) is 40.4 Å². The summed E-state index contributed by atoms with van der Waals surface area (Å²) in [6, 6.07) is 0. The number of allylic oxidation sites excluding steroid dienone is 1. The van der Waals surface area contributed by atoms with E-state index < -0.39 is 16.4 Å². The molecule has 1 unspecified atom stereocenters. The predicted octanol–water partition coefficient (Wildman–Crippen LogP) is 2.33. The van der Waals surface area contributed by atoms with Crippen molar-refractivity contribution in [3.8, 4) is 0 Å². The fourth-order valence-corrected chi connectivity index (χ4v) is 3.46. The van der Waals surface area contributed by atoms with Crippen LogP contribution in [0.1, 0.15) is 12.8 Å². The highest BCUT2D eigenvalue weighted by Gasteiger charge is 2.40. The van der Waals surface area contributed by atoms with Crippen LogP contribution < -0.4 is 0 Å². The Morgan fingerprint density at radius 1 is 1.18 bits per heavy atom. The van der Waals surface area contributed by atoms with E-state index in [1.165, 1.54) is 0 Å². The summed E-state index contributed by atoms with van der Waals surface area (Å²) in [5, 5.41) is 0. The molecule has 0 spiro atoms. The molecule has 0 aromatic heterocycles. The number of alkyl halides is 3. The zero-order valence-corrected chi connectivity index (χ0v) is 13.7. The summed E-state index contributed by atoms with van der Waals surface area (Å²) in [4.78, 5) is 4.03. The predicted molar refractivity (Wildman–Crippen MR) is 81.8 cm³/mol. The van der Waals surface area contributed by atoms with Gasteiger partial charge in [0.2, 0.25) is 0 Å². The first-order chi connectivity index (χ1) is 9.95. The number of piperazine rings is 1. The molecule has 22 heavy (non-hydrogen) atoms. The number of likely N-dealkylation sites (N-methyl/N-ethyl adjacent to an activating group) is 1. The number of ether oxygens (including phenoxy) is 1. The molecule has 5 nitrogen and oxygen atoms in total. The molecule has 1 atom stereocenters. The Bertz CT molecular complexity index is 527. The highest BCUT2D eigenvalue weighted by atomic mass is 35.5. The molecule has 3 heterocycles. The van der Waals surface area contributed by atoms with Gasteiger partial charge in [-0.2, -0.15) is 21.9 Å². The van der Waals surface area contributed by atoms with Crippen molar-refractivity contribution in [3.63, 3.8) is 0 Å². The summed E-state index contributed by atoms with van der Waals surface area (Å²) in [5.41, 5.74) is -4.00. The standard InChI is InChI=1S/C12H17F3N4OS.ClH/c1-18-4-6-19(7-5-18)11-10-9(3-2-8-20-10)16-21(17-11)12(13,14)15;/h2-8H2,1H3;1H. The zero-order chi connectivity index (χ0) is 15.0. The molecule has 0 radical (unpaired) electrons. The lowest BCUT2D eigenvalue weighted by atomic mass is 10.1. The number of fused-ring (bicyclic) bond motifs is 1. The Morgan fingerprint density at radius 2 is 1.86 bits per heavy atom. The van der Waals surface area contributed by atoms with E-state index in [2.05, 4.69) is 13.7 Å². The average molecular weight is 359 g/mol. The van der Waals surface area contributed by atoms with Crippen LogP contribution in [0.15, 0.2) is 20.3 Å². The van der Waals surface area contributed by atoms with E-state index in [0.717, 1.165) is 13.1 Å². The van der Waals surface area contributed by atoms with Gasteiger partial charge in [-0.05, 0) is 19.9 Å². The molecule has 0 N–H and O–H groups in total. The Balaban J connectivity index is 0.00000176. The van der Waals surface area contributed by atoms with Crippen LogP contribution in [0, 0.1) is 0 Å². The van der Waals surface area contributed by atoms with Gasteiger partial charge in [0.15, 0.2) is 11.6 Å². The van der Waals surface area contributed by atoms with Gasteiger partial charge in [-0.3, -0.25) is 0 Å². The molecule has 10 heteroatoms. The van der Waals surface area contributed by atoms with E-state index in [-0.39, 0.29) is 12.4 Å². The summed E-state index contributed by atoms with van der Waals surface area (Å²) in [7, 11) is -0.304. The second-order valence-corrected chi connectivity index (χ2v) is 6.59. The van der Waals surface area contributed by atoms with Crippen LogP contribution in [0.2, 0.25) is 0 Å². The van der Waals surface area contributed by atoms with Crippen LogP contribution in [-0.4, -0.2) is 60.9 Å². The van der Waals surface area contributed by atoms with Gasteiger partial charge in [0.1, 0.15) is 10.9 Å². The molecule has 0 bridgehead atoms. The number of hydrogen-bond acceptors (Lipinski definition) is 5. The largest absolute Gasteiger partial charge is 0.488 e. The second-order valence-electron chi connectivity index (χ2n) is 5.23. The molecule has 3 aliphatic rings. The number of nitrogens with zero attached hydrogens (tertiary/aromatic N) is 4. The lowest BCUT2D eigenvalue weighted by Gasteiger charge is -2.36. The van der Waals surface area contributed by atoms with Crippen molar-refractivity contribution in [2.45, 2.75) is 18.3 Å². The van der Waals surface area contributed by atoms with Crippen LogP contribution in [0.5, 0.6) is 0 Å². The lowest BCUT2D eigenvalue weighted by Crippen LogP contribution is -2.45. The first kappa shape index (κ1) is 17.6. The van der Waals surface area contributed by atoms with Gasteiger partial charge in [-0.1, -0.05) is 0 Å². The van der Waals surface area contributed by atoms with Crippen molar-refractivity contribution in [2.24, 2.45) is 8.76 Å². The van der Waals surface area contributed by atoms with Crippen LogP contribution >= 0.6 is 12.4 Å². The normalized spacial score (nSPS) is 26.5. The van der Waals surface area contributed by atoms with Crippen LogP contribution in [0.4, 0.5) is 13.2 Å². The minimum atomic E-state index is -4.42. The SMILES string of the molecule is CN1CCN(C2=C3OCCCC3=NS(C(F)(F)F)=N2)CC1.Cl. The smallest absolute Gasteiger partial charge is 0.473 e. The molecular formula is C12H18ClF3N4OS. The van der Waals surface area contributed by atoms with Crippen LogP contribution in [0.25, 0.3) is 0 Å². The van der Waals surface area contributed by atoms with Crippen LogP contribution in [0.3, 0.4) is 0 Å². The van der Waals surface area contributed by atoms with E-state index in [1.54, 1.807) is 0 Å². The highest BCUT2D eigenvalue weighted by Crippen LogP contribution is 2.33. The highest BCUT2D eigenvalue weighted by molar-refractivity contribution is 7.87. The molecule has 2 fully saturated rings. The van der Waals surface area contributed by atoms with E-state index in [0.29, 0.717) is 49.8 Å². The summed E-state index contributed by atoms with van der Waals surface area (Å²) >= 11 is 0. The van der Waals surface area contributed by atoms with Gasteiger partial charge < -0.3 is 14.5 Å². The van der Waals surface area contributed by atoms with Crippen molar-refractivity contribution in [2.75, 3.05) is 39.8 Å². The van der Waals surface area contributed by atoms with Gasteiger partial charge in [0.25, 0.3) is 0 Å². The Morgan fingerprint density at radius 3 is 2.50 bits per heavy atom.